The van der Waals surface area contributed by atoms with Gasteiger partial charge in [-0.05, 0) is 19.8 Å². The van der Waals surface area contributed by atoms with Crippen LogP contribution in [0.3, 0.4) is 0 Å². The summed E-state index contributed by atoms with van der Waals surface area (Å²) in [6.07, 6.45) is 1.42. The number of rotatable bonds is 7. The molecule has 0 aliphatic heterocycles. The van der Waals surface area contributed by atoms with E-state index in [1.54, 1.807) is 0 Å². The average Bonchev–Trinajstić information content (AvgIpc) is 2.37. The molecule has 0 aliphatic carbocycles. The summed E-state index contributed by atoms with van der Waals surface area (Å²) < 4.78 is 5.37. The average molecular weight is 266 g/mol. The van der Waals surface area contributed by atoms with Gasteiger partial charge in [0.05, 0.1) is 18.7 Å². The standard InChI is InChI=1S/C13H22N4O2/c1-5-19-13-10(4)12(16-8-17-13)15-7-11(18)14-6-9(2)3/h8-9H,5-7H2,1-4H3,(H,14,18)(H,15,16,17). The Morgan fingerprint density at radius 3 is 2.79 bits per heavy atom. The quantitative estimate of drug-likeness (QED) is 0.779. The minimum Gasteiger partial charge on any atom is -0.478 e. The van der Waals surface area contributed by atoms with Crippen LogP contribution in [0.15, 0.2) is 6.33 Å². The van der Waals surface area contributed by atoms with Crippen molar-refractivity contribution < 1.29 is 9.53 Å². The summed E-state index contributed by atoms with van der Waals surface area (Å²) in [5, 5.41) is 5.83. The third-order valence-electron chi connectivity index (χ3n) is 2.44. The molecule has 1 aromatic rings. The molecular weight excluding hydrogens is 244 g/mol. The Bertz CT molecular complexity index is 421. The first-order valence-corrected chi connectivity index (χ1v) is 6.49. The Hall–Kier alpha value is -1.85. The Balaban J connectivity index is 2.53. The fourth-order valence-corrected chi connectivity index (χ4v) is 1.44. The predicted molar refractivity (Wildman–Crippen MR) is 74.3 cm³/mol. The van der Waals surface area contributed by atoms with Crippen molar-refractivity contribution in [3.63, 3.8) is 0 Å². The predicted octanol–water partition coefficient (Wildman–Crippen LogP) is 1.37. The summed E-state index contributed by atoms with van der Waals surface area (Å²) in [5.74, 6) is 1.56. The number of amides is 1. The molecule has 0 atom stereocenters. The number of nitrogens with zero attached hydrogens (tertiary/aromatic N) is 2. The van der Waals surface area contributed by atoms with Crippen molar-refractivity contribution in [1.82, 2.24) is 15.3 Å². The van der Waals surface area contributed by atoms with E-state index in [2.05, 4.69) is 34.4 Å². The Morgan fingerprint density at radius 1 is 1.42 bits per heavy atom. The van der Waals surface area contributed by atoms with E-state index in [-0.39, 0.29) is 12.5 Å². The zero-order valence-corrected chi connectivity index (χ0v) is 12.0. The number of ether oxygens (including phenoxy) is 1. The van der Waals surface area contributed by atoms with Crippen LogP contribution in [0.1, 0.15) is 26.3 Å². The molecule has 1 amide bonds. The number of anilines is 1. The van der Waals surface area contributed by atoms with Gasteiger partial charge >= 0.3 is 0 Å². The second-order valence-electron chi connectivity index (χ2n) is 4.64. The Morgan fingerprint density at radius 2 is 2.16 bits per heavy atom. The summed E-state index contributed by atoms with van der Waals surface area (Å²) in [6, 6.07) is 0. The maximum absolute atomic E-state index is 11.6. The molecule has 6 heteroatoms. The molecule has 6 nitrogen and oxygen atoms in total. The molecule has 1 heterocycles. The highest BCUT2D eigenvalue weighted by Gasteiger charge is 2.09. The molecule has 0 saturated carbocycles. The molecular formula is C13H22N4O2. The second-order valence-corrected chi connectivity index (χ2v) is 4.64. The topological polar surface area (TPSA) is 76.1 Å². The molecule has 0 unspecified atom stereocenters. The SMILES string of the molecule is CCOc1ncnc(NCC(=O)NCC(C)C)c1C. The van der Waals surface area contributed by atoms with Crippen molar-refractivity contribution in [2.45, 2.75) is 27.7 Å². The maximum atomic E-state index is 11.6. The second kappa shape index (κ2) is 7.56. The highest BCUT2D eigenvalue weighted by Crippen LogP contribution is 2.19. The van der Waals surface area contributed by atoms with E-state index in [0.29, 0.717) is 30.8 Å². The third kappa shape index (κ3) is 5.11. The number of hydrogen-bond donors (Lipinski definition) is 2. The molecule has 0 spiro atoms. The van der Waals surface area contributed by atoms with Gasteiger partial charge in [-0.2, -0.15) is 0 Å². The highest BCUT2D eigenvalue weighted by molar-refractivity contribution is 5.80. The molecule has 106 valence electrons. The van der Waals surface area contributed by atoms with Crippen molar-refractivity contribution in [2.24, 2.45) is 5.92 Å². The first-order valence-electron chi connectivity index (χ1n) is 6.49. The molecule has 0 fully saturated rings. The van der Waals surface area contributed by atoms with E-state index in [1.807, 2.05) is 13.8 Å². The fourth-order valence-electron chi connectivity index (χ4n) is 1.44. The Labute approximate surface area is 114 Å². The van der Waals surface area contributed by atoms with Gasteiger partial charge in [-0.15, -0.1) is 0 Å². The summed E-state index contributed by atoms with van der Waals surface area (Å²) in [7, 11) is 0. The molecule has 0 aliphatic rings. The molecule has 1 rings (SSSR count). The summed E-state index contributed by atoms with van der Waals surface area (Å²) in [6.45, 7) is 9.27. The van der Waals surface area contributed by atoms with Gasteiger partial charge in [-0.3, -0.25) is 4.79 Å². The van der Waals surface area contributed by atoms with E-state index in [1.165, 1.54) is 6.33 Å². The molecule has 1 aromatic heterocycles. The van der Waals surface area contributed by atoms with Crippen LogP contribution in [-0.4, -0.2) is 35.6 Å². The van der Waals surface area contributed by atoms with Crippen LogP contribution in [0.5, 0.6) is 5.88 Å². The van der Waals surface area contributed by atoms with E-state index >= 15 is 0 Å². The van der Waals surface area contributed by atoms with E-state index < -0.39 is 0 Å². The van der Waals surface area contributed by atoms with Crippen molar-refractivity contribution >= 4 is 11.7 Å². The van der Waals surface area contributed by atoms with E-state index in [9.17, 15) is 4.79 Å². The molecule has 0 radical (unpaired) electrons. The van der Waals surface area contributed by atoms with Crippen LogP contribution in [-0.2, 0) is 4.79 Å². The Kier molecular flexibility index (Phi) is 6.05. The van der Waals surface area contributed by atoms with Crippen molar-refractivity contribution in [3.05, 3.63) is 11.9 Å². The van der Waals surface area contributed by atoms with Crippen LogP contribution in [0.4, 0.5) is 5.82 Å². The number of carbonyl (C=O) groups excluding carboxylic acids is 1. The van der Waals surface area contributed by atoms with Gasteiger partial charge < -0.3 is 15.4 Å². The molecule has 19 heavy (non-hydrogen) atoms. The number of carbonyl (C=O) groups is 1. The van der Waals surface area contributed by atoms with Gasteiger partial charge in [0, 0.05) is 6.54 Å². The monoisotopic (exact) mass is 266 g/mol. The lowest BCUT2D eigenvalue weighted by molar-refractivity contribution is -0.119. The van der Waals surface area contributed by atoms with Crippen LogP contribution in [0, 0.1) is 12.8 Å². The lowest BCUT2D eigenvalue weighted by Crippen LogP contribution is -2.32. The normalized spacial score (nSPS) is 10.4. The van der Waals surface area contributed by atoms with Gasteiger partial charge in [-0.1, -0.05) is 13.8 Å². The molecule has 2 N–H and O–H groups in total. The van der Waals surface area contributed by atoms with E-state index in [4.69, 9.17) is 4.74 Å². The molecule has 0 aromatic carbocycles. The zero-order valence-electron chi connectivity index (χ0n) is 12.0. The maximum Gasteiger partial charge on any atom is 0.239 e. The minimum absolute atomic E-state index is 0.0512. The smallest absolute Gasteiger partial charge is 0.239 e. The minimum atomic E-state index is -0.0512. The number of hydrogen-bond acceptors (Lipinski definition) is 5. The van der Waals surface area contributed by atoms with Crippen molar-refractivity contribution in [2.75, 3.05) is 25.0 Å². The summed E-state index contributed by atoms with van der Waals surface area (Å²) in [4.78, 5) is 19.7. The fraction of sp³-hybridized carbons (Fsp3) is 0.615. The summed E-state index contributed by atoms with van der Waals surface area (Å²) >= 11 is 0. The summed E-state index contributed by atoms with van der Waals surface area (Å²) in [5.41, 5.74) is 0.806. The van der Waals surface area contributed by atoms with Crippen LogP contribution in [0.2, 0.25) is 0 Å². The molecule has 0 saturated heterocycles. The van der Waals surface area contributed by atoms with Crippen LogP contribution in [0.25, 0.3) is 0 Å². The first kappa shape index (κ1) is 15.2. The third-order valence-corrected chi connectivity index (χ3v) is 2.44. The highest BCUT2D eigenvalue weighted by atomic mass is 16.5. The van der Waals surface area contributed by atoms with Gasteiger partial charge in [0.25, 0.3) is 0 Å². The van der Waals surface area contributed by atoms with Crippen LogP contribution >= 0.6 is 0 Å². The number of nitrogens with one attached hydrogen (secondary N) is 2. The molecule has 0 bridgehead atoms. The first-order chi connectivity index (χ1) is 9.04. The van der Waals surface area contributed by atoms with Gasteiger partial charge in [0.15, 0.2) is 0 Å². The lowest BCUT2D eigenvalue weighted by Gasteiger charge is -2.12. The van der Waals surface area contributed by atoms with Gasteiger partial charge in [0.2, 0.25) is 11.8 Å². The van der Waals surface area contributed by atoms with Gasteiger partial charge in [0.1, 0.15) is 12.1 Å². The van der Waals surface area contributed by atoms with Crippen molar-refractivity contribution in [1.29, 1.82) is 0 Å². The number of aromatic nitrogens is 2. The lowest BCUT2D eigenvalue weighted by atomic mass is 10.2. The van der Waals surface area contributed by atoms with Crippen LogP contribution < -0.4 is 15.4 Å². The zero-order chi connectivity index (χ0) is 14.3. The van der Waals surface area contributed by atoms with E-state index in [0.717, 1.165) is 5.56 Å². The largest absolute Gasteiger partial charge is 0.478 e. The van der Waals surface area contributed by atoms with Gasteiger partial charge in [-0.25, -0.2) is 9.97 Å². The van der Waals surface area contributed by atoms with Crippen molar-refractivity contribution in [3.8, 4) is 5.88 Å².